The first-order chi connectivity index (χ1) is 8.63. The highest BCUT2D eigenvalue weighted by atomic mass is 16.6. The molecule has 1 heterocycles. The standard InChI is InChI=1S/C11H14N4O3/c12-13-11(16)9-7-8(15(17)18)3-4-10(9)14-5-1-2-6-14/h3-4,7H,1-2,5-6,12H2,(H,13,16). The fourth-order valence-corrected chi connectivity index (χ4v) is 2.13. The largest absolute Gasteiger partial charge is 0.371 e. The molecular formula is C11H14N4O3. The lowest BCUT2D eigenvalue weighted by molar-refractivity contribution is -0.384. The number of anilines is 1. The zero-order chi connectivity index (χ0) is 13.1. The lowest BCUT2D eigenvalue weighted by atomic mass is 10.1. The van der Waals surface area contributed by atoms with Gasteiger partial charge in [0.25, 0.3) is 11.6 Å². The number of nitrogens with one attached hydrogen (secondary N) is 1. The van der Waals surface area contributed by atoms with Crippen LogP contribution in [0.5, 0.6) is 0 Å². The molecule has 0 saturated carbocycles. The molecule has 3 N–H and O–H groups in total. The average molecular weight is 250 g/mol. The average Bonchev–Trinajstić information content (AvgIpc) is 2.90. The van der Waals surface area contributed by atoms with Crippen LogP contribution in [0.1, 0.15) is 23.2 Å². The van der Waals surface area contributed by atoms with E-state index < -0.39 is 10.8 Å². The minimum Gasteiger partial charge on any atom is -0.371 e. The Bertz CT molecular complexity index is 483. The summed E-state index contributed by atoms with van der Waals surface area (Å²) in [6.07, 6.45) is 2.11. The monoisotopic (exact) mass is 250 g/mol. The van der Waals surface area contributed by atoms with E-state index in [1.54, 1.807) is 6.07 Å². The van der Waals surface area contributed by atoms with Crippen LogP contribution in [0, 0.1) is 10.1 Å². The quantitative estimate of drug-likeness (QED) is 0.357. The predicted molar refractivity (Wildman–Crippen MR) is 66.2 cm³/mol. The van der Waals surface area contributed by atoms with Gasteiger partial charge in [-0.05, 0) is 18.9 Å². The first-order valence-corrected chi connectivity index (χ1v) is 5.68. The number of nitro groups is 1. The molecule has 7 heteroatoms. The van der Waals surface area contributed by atoms with Crippen LogP contribution in [0.15, 0.2) is 18.2 Å². The van der Waals surface area contributed by atoms with Crippen molar-refractivity contribution in [3.63, 3.8) is 0 Å². The third kappa shape index (κ3) is 2.25. The van der Waals surface area contributed by atoms with Gasteiger partial charge in [-0.25, -0.2) is 5.84 Å². The molecule has 1 aromatic rings. The summed E-state index contributed by atoms with van der Waals surface area (Å²) in [5, 5.41) is 10.7. The number of rotatable bonds is 3. The molecule has 0 aliphatic carbocycles. The summed E-state index contributed by atoms with van der Waals surface area (Å²) >= 11 is 0. The Balaban J connectivity index is 2.44. The summed E-state index contributed by atoms with van der Waals surface area (Å²) < 4.78 is 0. The van der Waals surface area contributed by atoms with Gasteiger partial charge in [0.15, 0.2) is 0 Å². The van der Waals surface area contributed by atoms with Gasteiger partial charge < -0.3 is 4.90 Å². The fraction of sp³-hybridized carbons (Fsp3) is 0.364. The van der Waals surface area contributed by atoms with Crippen molar-refractivity contribution < 1.29 is 9.72 Å². The number of non-ortho nitro benzene ring substituents is 1. The van der Waals surface area contributed by atoms with Crippen molar-refractivity contribution in [3.8, 4) is 0 Å². The van der Waals surface area contributed by atoms with Crippen LogP contribution >= 0.6 is 0 Å². The van der Waals surface area contributed by atoms with Crippen molar-refractivity contribution in [3.05, 3.63) is 33.9 Å². The first kappa shape index (κ1) is 12.3. The maximum atomic E-state index is 11.7. The lowest BCUT2D eigenvalue weighted by Gasteiger charge is -2.20. The number of nitro benzene ring substituents is 1. The van der Waals surface area contributed by atoms with E-state index in [-0.39, 0.29) is 11.3 Å². The number of nitrogen functional groups attached to an aromatic ring is 1. The second-order valence-corrected chi connectivity index (χ2v) is 4.13. The molecule has 96 valence electrons. The molecule has 1 aliphatic rings. The molecule has 0 radical (unpaired) electrons. The smallest absolute Gasteiger partial charge is 0.270 e. The molecule has 0 aromatic heterocycles. The number of hydrazine groups is 1. The van der Waals surface area contributed by atoms with Gasteiger partial charge in [-0.15, -0.1) is 0 Å². The van der Waals surface area contributed by atoms with Crippen molar-refractivity contribution in [2.45, 2.75) is 12.8 Å². The molecule has 1 aromatic carbocycles. The molecule has 0 bridgehead atoms. The van der Waals surface area contributed by atoms with Crippen LogP contribution < -0.4 is 16.2 Å². The number of benzene rings is 1. The SMILES string of the molecule is NNC(=O)c1cc([N+](=O)[O-])ccc1N1CCCC1. The second kappa shape index (κ2) is 5.01. The molecule has 7 nitrogen and oxygen atoms in total. The van der Waals surface area contributed by atoms with Gasteiger partial charge >= 0.3 is 0 Å². The van der Waals surface area contributed by atoms with Crippen molar-refractivity contribution >= 4 is 17.3 Å². The van der Waals surface area contributed by atoms with Crippen molar-refractivity contribution in [1.82, 2.24) is 5.43 Å². The number of amides is 1. The normalized spacial score (nSPS) is 14.6. The molecule has 1 amide bonds. The van der Waals surface area contributed by atoms with E-state index in [2.05, 4.69) is 0 Å². The summed E-state index contributed by atoms with van der Waals surface area (Å²) in [6.45, 7) is 1.70. The summed E-state index contributed by atoms with van der Waals surface area (Å²) in [7, 11) is 0. The van der Waals surface area contributed by atoms with Crippen LogP contribution in [0.3, 0.4) is 0 Å². The van der Waals surface area contributed by atoms with E-state index in [0.29, 0.717) is 5.69 Å². The molecule has 0 atom stereocenters. The van der Waals surface area contributed by atoms with Gasteiger partial charge in [-0.3, -0.25) is 20.3 Å². The molecule has 1 fully saturated rings. The molecule has 18 heavy (non-hydrogen) atoms. The topological polar surface area (TPSA) is 101 Å². The summed E-state index contributed by atoms with van der Waals surface area (Å²) in [5.74, 6) is 4.60. The van der Waals surface area contributed by atoms with Gasteiger partial charge in [0.2, 0.25) is 0 Å². The van der Waals surface area contributed by atoms with Gasteiger partial charge in [-0.2, -0.15) is 0 Å². The van der Waals surface area contributed by atoms with Crippen molar-refractivity contribution in [2.75, 3.05) is 18.0 Å². The molecule has 1 saturated heterocycles. The van der Waals surface area contributed by atoms with Gasteiger partial charge in [0.05, 0.1) is 16.2 Å². The maximum absolute atomic E-state index is 11.7. The number of nitrogens with two attached hydrogens (primary N) is 1. The molecule has 0 unspecified atom stereocenters. The minimum atomic E-state index is -0.527. The predicted octanol–water partition coefficient (Wildman–Crippen LogP) is 0.798. The highest BCUT2D eigenvalue weighted by Gasteiger charge is 2.21. The third-order valence-electron chi connectivity index (χ3n) is 3.01. The fourth-order valence-electron chi connectivity index (χ4n) is 2.13. The van der Waals surface area contributed by atoms with Crippen molar-refractivity contribution in [2.24, 2.45) is 5.84 Å². The Morgan fingerprint density at radius 2 is 2.06 bits per heavy atom. The Kier molecular flexibility index (Phi) is 3.42. The molecule has 1 aliphatic heterocycles. The Morgan fingerprint density at radius 1 is 1.39 bits per heavy atom. The van der Waals surface area contributed by atoms with E-state index in [1.807, 2.05) is 10.3 Å². The summed E-state index contributed by atoms with van der Waals surface area (Å²) in [6, 6.07) is 4.27. The minimum absolute atomic E-state index is 0.114. The zero-order valence-corrected chi connectivity index (χ0v) is 9.76. The number of nitrogens with zero attached hydrogens (tertiary/aromatic N) is 2. The number of carbonyl (C=O) groups is 1. The van der Waals surface area contributed by atoms with E-state index in [1.165, 1.54) is 12.1 Å². The Hall–Kier alpha value is -2.15. The number of hydrogen-bond donors (Lipinski definition) is 2. The van der Waals surface area contributed by atoms with Crippen LogP contribution in [0.2, 0.25) is 0 Å². The van der Waals surface area contributed by atoms with E-state index in [9.17, 15) is 14.9 Å². The third-order valence-corrected chi connectivity index (χ3v) is 3.01. The number of carbonyl (C=O) groups excluding carboxylic acids is 1. The van der Waals surface area contributed by atoms with Gasteiger partial charge in [-0.1, -0.05) is 0 Å². The van der Waals surface area contributed by atoms with Gasteiger partial charge in [0, 0.05) is 25.2 Å². The number of hydrogen-bond acceptors (Lipinski definition) is 5. The summed E-state index contributed by atoms with van der Waals surface area (Å²) in [4.78, 5) is 23.9. The van der Waals surface area contributed by atoms with E-state index in [0.717, 1.165) is 25.9 Å². The Labute approximate surface area is 104 Å². The van der Waals surface area contributed by atoms with Crippen LogP contribution in [0.4, 0.5) is 11.4 Å². The maximum Gasteiger partial charge on any atom is 0.270 e. The molecular weight excluding hydrogens is 236 g/mol. The molecule has 2 rings (SSSR count). The Morgan fingerprint density at radius 3 is 2.61 bits per heavy atom. The second-order valence-electron chi connectivity index (χ2n) is 4.13. The molecule has 0 spiro atoms. The highest BCUT2D eigenvalue weighted by molar-refractivity contribution is 6.00. The summed E-state index contributed by atoms with van der Waals surface area (Å²) in [5.41, 5.74) is 2.85. The van der Waals surface area contributed by atoms with Crippen LogP contribution in [0.25, 0.3) is 0 Å². The lowest BCUT2D eigenvalue weighted by Crippen LogP contribution is -2.32. The van der Waals surface area contributed by atoms with Crippen molar-refractivity contribution in [1.29, 1.82) is 0 Å². The van der Waals surface area contributed by atoms with E-state index >= 15 is 0 Å². The van der Waals surface area contributed by atoms with Gasteiger partial charge in [0.1, 0.15) is 0 Å². The zero-order valence-electron chi connectivity index (χ0n) is 9.76. The van der Waals surface area contributed by atoms with Crippen LogP contribution in [-0.2, 0) is 0 Å². The van der Waals surface area contributed by atoms with Crippen LogP contribution in [-0.4, -0.2) is 23.9 Å². The highest BCUT2D eigenvalue weighted by Crippen LogP contribution is 2.28. The van der Waals surface area contributed by atoms with E-state index in [4.69, 9.17) is 5.84 Å². The first-order valence-electron chi connectivity index (χ1n) is 5.68.